The summed E-state index contributed by atoms with van der Waals surface area (Å²) in [5, 5.41) is 0. The molecule has 0 bridgehead atoms. The highest BCUT2D eigenvalue weighted by Crippen LogP contribution is 2.29. The lowest BCUT2D eigenvalue weighted by Crippen LogP contribution is -2.38. The summed E-state index contributed by atoms with van der Waals surface area (Å²) in [7, 11) is 0. The van der Waals surface area contributed by atoms with Crippen LogP contribution in [0.15, 0.2) is 36.4 Å². The Morgan fingerprint density at radius 2 is 1.84 bits per heavy atom. The van der Waals surface area contributed by atoms with Crippen LogP contribution in [0.1, 0.15) is 40.4 Å². The Morgan fingerprint density at radius 1 is 1.12 bits per heavy atom. The first-order valence-electron chi connectivity index (χ1n) is 8.60. The van der Waals surface area contributed by atoms with Crippen molar-refractivity contribution in [2.45, 2.75) is 33.6 Å². The molecule has 0 aromatic heterocycles. The van der Waals surface area contributed by atoms with Crippen LogP contribution >= 0.6 is 0 Å². The van der Waals surface area contributed by atoms with Gasteiger partial charge < -0.3 is 9.64 Å². The third-order valence-electron chi connectivity index (χ3n) is 4.66. The summed E-state index contributed by atoms with van der Waals surface area (Å²) in [5.74, 6) is 0.697. The summed E-state index contributed by atoms with van der Waals surface area (Å²) in [6.07, 6.45) is 1.84. The van der Waals surface area contributed by atoms with Crippen LogP contribution in [0.25, 0.3) is 0 Å². The molecule has 0 spiro atoms. The quantitative estimate of drug-likeness (QED) is 0.796. The highest BCUT2D eigenvalue weighted by atomic mass is 16.5. The van der Waals surface area contributed by atoms with E-state index in [1.807, 2.05) is 50.2 Å². The van der Waals surface area contributed by atoms with Crippen molar-refractivity contribution in [2.24, 2.45) is 0 Å². The molecule has 1 amide bonds. The minimum atomic E-state index is -0.0793. The number of fused-ring (bicyclic) bond motifs is 1. The van der Waals surface area contributed by atoms with Crippen molar-refractivity contribution >= 4 is 17.4 Å². The molecule has 0 saturated heterocycles. The molecule has 0 radical (unpaired) electrons. The fraction of sp³-hybridized carbons (Fsp3) is 0.333. The standard InChI is InChI=1S/C21H23NO3/c1-14-6-4-7-15(2)21(14)25-13-20(24)22-11-5-8-17-9-10-18(16(3)23)12-19(17)22/h4,6-7,9-10,12H,5,8,11,13H2,1-3H3. The molecule has 1 aliphatic rings. The predicted octanol–water partition coefficient (Wildman–Crippen LogP) is 3.86. The Morgan fingerprint density at radius 3 is 2.52 bits per heavy atom. The molecular weight excluding hydrogens is 314 g/mol. The van der Waals surface area contributed by atoms with Gasteiger partial charge in [-0.1, -0.05) is 30.3 Å². The number of nitrogens with zero attached hydrogens (tertiary/aromatic N) is 1. The number of benzene rings is 2. The zero-order valence-corrected chi connectivity index (χ0v) is 15.0. The zero-order chi connectivity index (χ0) is 18.0. The summed E-state index contributed by atoms with van der Waals surface area (Å²) in [5.41, 5.74) is 4.62. The van der Waals surface area contributed by atoms with E-state index in [1.165, 1.54) is 0 Å². The molecule has 0 aliphatic carbocycles. The van der Waals surface area contributed by atoms with Gasteiger partial charge in [0.15, 0.2) is 12.4 Å². The predicted molar refractivity (Wildman–Crippen MR) is 98.5 cm³/mol. The molecule has 0 saturated carbocycles. The number of carbonyl (C=O) groups is 2. The molecule has 0 atom stereocenters. The van der Waals surface area contributed by atoms with E-state index in [0.717, 1.165) is 41.0 Å². The summed E-state index contributed by atoms with van der Waals surface area (Å²) >= 11 is 0. The van der Waals surface area contributed by atoms with E-state index in [2.05, 4.69) is 0 Å². The van der Waals surface area contributed by atoms with Crippen LogP contribution in [0.4, 0.5) is 5.69 Å². The van der Waals surface area contributed by atoms with E-state index in [-0.39, 0.29) is 18.3 Å². The molecule has 3 rings (SSSR count). The smallest absolute Gasteiger partial charge is 0.264 e. The van der Waals surface area contributed by atoms with Crippen molar-refractivity contribution in [3.8, 4) is 5.75 Å². The van der Waals surface area contributed by atoms with E-state index in [4.69, 9.17) is 4.74 Å². The van der Waals surface area contributed by atoms with Crippen molar-refractivity contribution in [2.75, 3.05) is 18.1 Å². The molecule has 1 heterocycles. The second kappa shape index (κ2) is 7.09. The van der Waals surface area contributed by atoms with Gasteiger partial charge in [-0.3, -0.25) is 9.59 Å². The van der Waals surface area contributed by atoms with E-state index in [1.54, 1.807) is 11.8 Å². The van der Waals surface area contributed by atoms with Crippen LogP contribution in [0.3, 0.4) is 0 Å². The van der Waals surface area contributed by atoms with E-state index in [0.29, 0.717) is 12.1 Å². The van der Waals surface area contributed by atoms with E-state index in [9.17, 15) is 9.59 Å². The Bertz CT molecular complexity index is 806. The van der Waals surface area contributed by atoms with Crippen molar-refractivity contribution in [1.29, 1.82) is 0 Å². The van der Waals surface area contributed by atoms with Crippen LogP contribution in [-0.4, -0.2) is 24.8 Å². The number of ketones is 1. The number of aryl methyl sites for hydroxylation is 3. The normalized spacial score (nSPS) is 13.3. The van der Waals surface area contributed by atoms with Gasteiger partial charge >= 0.3 is 0 Å². The van der Waals surface area contributed by atoms with Crippen molar-refractivity contribution in [3.63, 3.8) is 0 Å². The topological polar surface area (TPSA) is 46.6 Å². The highest BCUT2D eigenvalue weighted by molar-refractivity contribution is 5.99. The van der Waals surface area contributed by atoms with Gasteiger partial charge in [0.25, 0.3) is 5.91 Å². The summed E-state index contributed by atoms with van der Waals surface area (Å²) < 4.78 is 5.82. The molecule has 4 nitrogen and oxygen atoms in total. The maximum absolute atomic E-state index is 12.8. The number of hydrogen-bond acceptors (Lipinski definition) is 3. The molecule has 130 valence electrons. The number of para-hydroxylation sites is 1. The lowest BCUT2D eigenvalue weighted by Gasteiger charge is -2.30. The molecule has 0 fully saturated rings. The number of hydrogen-bond donors (Lipinski definition) is 0. The number of amides is 1. The number of Topliss-reactive ketones (excluding diaryl/α,β-unsaturated/α-hetero) is 1. The molecule has 25 heavy (non-hydrogen) atoms. The van der Waals surface area contributed by atoms with Gasteiger partial charge in [0, 0.05) is 17.8 Å². The van der Waals surface area contributed by atoms with Crippen LogP contribution in [0.5, 0.6) is 5.75 Å². The number of rotatable bonds is 4. The summed E-state index contributed by atoms with van der Waals surface area (Å²) in [4.78, 5) is 26.2. The van der Waals surface area contributed by atoms with Crippen LogP contribution in [-0.2, 0) is 11.2 Å². The number of anilines is 1. The fourth-order valence-corrected chi connectivity index (χ4v) is 3.29. The lowest BCUT2D eigenvalue weighted by molar-refractivity contribution is -0.120. The SMILES string of the molecule is CC(=O)c1ccc2c(c1)N(C(=O)COc1c(C)cccc1C)CCC2. The molecule has 2 aromatic rings. The van der Waals surface area contributed by atoms with Crippen LogP contribution < -0.4 is 9.64 Å². The van der Waals surface area contributed by atoms with Gasteiger partial charge in [0.1, 0.15) is 5.75 Å². The Balaban J connectivity index is 1.80. The third-order valence-corrected chi connectivity index (χ3v) is 4.66. The second-order valence-electron chi connectivity index (χ2n) is 6.56. The molecule has 1 aliphatic heterocycles. The fourth-order valence-electron chi connectivity index (χ4n) is 3.29. The highest BCUT2D eigenvalue weighted by Gasteiger charge is 2.24. The number of carbonyl (C=O) groups excluding carboxylic acids is 2. The Kier molecular flexibility index (Phi) is 4.88. The Hall–Kier alpha value is -2.62. The van der Waals surface area contributed by atoms with Gasteiger partial charge in [-0.05, 0) is 56.4 Å². The monoisotopic (exact) mass is 337 g/mol. The second-order valence-corrected chi connectivity index (χ2v) is 6.56. The molecule has 0 N–H and O–H groups in total. The molecule has 2 aromatic carbocycles. The maximum atomic E-state index is 12.8. The van der Waals surface area contributed by atoms with Gasteiger partial charge in [-0.25, -0.2) is 0 Å². The first kappa shape index (κ1) is 17.2. The minimum Gasteiger partial charge on any atom is -0.483 e. The van der Waals surface area contributed by atoms with Gasteiger partial charge in [0.05, 0.1) is 0 Å². The summed E-state index contributed by atoms with van der Waals surface area (Å²) in [6.45, 7) is 6.14. The minimum absolute atomic E-state index is 0.00453. The summed E-state index contributed by atoms with van der Waals surface area (Å²) in [6, 6.07) is 11.5. The van der Waals surface area contributed by atoms with Crippen molar-refractivity contribution < 1.29 is 14.3 Å². The first-order valence-corrected chi connectivity index (χ1v) is 8.60. The van der Waals surface area contributed by atoms with Gasteiger partial charge in [-0.15, -0.1) is 0 Å². The molecule has 4 heteroatoms. The average molecular weight is 337 g/mol. The van der Waals surface area contributed by atoms with E-state index < -0.39 is 0 Å². The van der Waals surface area contributed by atoms with E-state index >= 15 is 0 Å². The molecular formula is C21H23NO3. The maximum Gasteiger partial charge on any atom is 0.264 e. The van der Waals surface area contributed by atoms with Gasteiger partial charge in [-0.2, -0.15) is 0 Å². The van der Waals surface area contributed by atoms with Crippen LogP contribution in [0, 0.1) is 13.8 Å². The molecule has 0 unspecified atom stereocenters. The van der Waals surface area contributed by atoms with Crippen molar-refractivity contribution in [3.05, 3.63) is 58.7 Å². The first-order chi connectivity index (χ1) is 12.0. The average Bonchev–Trinajstić information content (AvgIpc) is 2.60. The largest absolute Gasteiger partial charge is 0.483 e. The van der Waals surface area contributed by atoms with Gasteiger partial charge in [0.2, 0.25) is 0 Å². The van der Waals surface area contributed by atoms with Crippen molar-refractivity contribution in [1.82, 2.24) is 0 Å². The number of ether oxygens (including phenoxy) is 1. The third kappa shape index (κ3) is 3.58. The Labute approximate surface area is 148 Å². The zero-order valence-electron chi connectivity index (χ0n) is 15.0. The van der Waals surface area contributed by atoms with Crippen LogP contribution in [0.2, 0.25) is 0 Å². The lowest BCUT2D eigenvalue weighted by atomic mass is 9.98.